The van der Waals surface area contributed by atoms with Gasteiger partial charge in [-0.2, -0.15) is 0 Å². The summed E-state index contributed by atoms with van der Waals surface area (Å²) in [5, 5.41) is 12.1. The van der Waals surface area contributed by atoms with Crippen LogP contribution in [0.3, 0.4) is 0 Å². The number of carbonyl (C=O) groups is 2. The molecule has 3 amide bonds. The number of aryl methyl sites for hydroxylation is 1. The molecule has 0 saturated heterocycles. The molecule has 0 aliphatic heterocycles. The minimum Gasteiger partial charge on any atom is -0.507 e. The highest BCUT2D eigenvalue weighted by atomic mass is 16.3. The molecule has 0 aliphatic carbocycles. The van der Waals surface area contributed by atoms with Crippen molar-refractivity contribution in [3.05, 3.63) is 59.7 Å². The van der Waals surface area contributed by atoms with E-state index in [4.69, 9.17) is 0 Å². The number of para-hydroxylation sites is 2. The van der Waals surface area contributed by atoms with Crippen LogP contribution >= 0.6 is 0 Å². The summed E-state index contributed by atoms with van der Waals surface area (Å²) in [5.41, 5.74) is 6.07. The van der Waals surface area contributed by atoms with Crippen molar-refractivity contribution >= 4 is 17.6 Å². The molecular formula is C15H15N3O3. The number of amides is 3. The molecule has 4 N–H and O–H groups in total. The van der Waals surface area contributed by atoms with E-state index in [0.717, 1.165) is 5.56 Å². The molecule has 2 aromatic rings. The smallest absolute Gasteiger partial charge is 0.337 e. The summed E-state index contributed by atoms with van der Waals surface area (Å²) in [6.45, 7) is 1.86. The Kier molecular flexibility index (Phi) is 4.40. The molecular weight excluding hydrogens is 270 g/mol. The van der Waals surface area contributed by atoms with Crippen LogP contribution in [0, 0.1) is 6.92 Å². The van der Waals surface area contributed by atoms with Gasteiger partial charge in [0, 0.05) is 5.69 Å². The van der Waals surface area contributed by atoms with Gasteiger partial charge in [-0.3, -0.25) is 10.2 Å². The Hall–Kier alpha value is -3.02. The maximum atomic E-state index is 11.8. The van der Waals surface area contributed by atoms with Crippen molar-refractivity contribution in [2.75, 3.05) is 5.32 Å². The molecule has 6 nitrogen and oxygen atoms in total. The predicted octanol–water partition coefficient (Wildman–Crippen LogP) is 2.17. The molecule has 0 unspecified atom stereocenters. The monoisotopic (exact) mass is 285 g/mol. The van der Waals surface area contributed by atoms with Crippen LogP contribution in [0.5, 0.6) is 5.75 Å². The molecule has 0 saturated carbocycles. The number of benzene rings is 2. The summed E-state index contributed by atoms with van der Waals surface area (Å²) < 4.78 is 0. The zero-order valence-electron chi connectivity index (χ0n) is 11.4. The van der Waals surface area contributed by atoms with Crippen molar-refractivity contribution in [3.63, 3.8) is 0 Å². The second kappa shape index (κ2) is 6.42. The Bertz CT molecular complexity index is 671. The molecule has 0 aliphatic rings. The Morgan fingerprint density at radius 3 is 2.33 bits per heavy atom. The number of phenolic OH excluding ortho intramolecular Hbond substituents is 1. The zero-order chi connectivity index (χ0) is 15.2. The fraction of sp³-hybridized carbons (Fsp3) is 0.0667. The van der Waals surface area contributed by atoms with Gasteiger partial charge in [-0.05, 0) is 30.7 Å². The first-order valence-corrected chi connectivity index (χ1v) is 6.29. The molecule has 2 rings (SSSR count). The van der Waals surface area contributed by atoms with Crippen LogP contribution in [0.2, 0.25) is 0 Å². The van der Waals surface area contributed by atoms with Gasteiger partial charge in [0.1, 0.15) is 5.75 Å². The van der Waals surface area contributed by atoms with E-state index < -0.39 is 11.9 Å². The molecule has 108 valence electrons. The minimum atomic E-state index is -0.604. The van der Waals surface area contributed by atoms with Crippen LogP contribution in [0.15, 0.2) is 48.5 Å². The van der Waals surface area contributed by atoms with Crippen LogP contribution in [-0.2, 0) is 0 Å². The van der Waals surface area contributed by atoms with E-state index >= 15 is 0 Å². The van der Waals surface area contributed by atoms with Crippen LogP contribution < -0.4 is 16.2 Å². The Morgan fingerprint density at radius 1 is 0.952 bits per heavy atom. The summed E-state index contributed by atoms with van der Waals surface area (Å²) in [7, 11) is 0. The molecule has 6 heteroatoms. The molecule has 0 spiro atoms. The number of urea groups is 1. The lowest BCUT2D eigenvalue weighted by atomic mass is 10.2. The molecule has 0 radical (unpaired) electrons. The van der Waals surface area contributed by atoms with Crippen molar-refractivity contribution in [3.8, 4) is 5.75 Å². The fourth-order valence-corrected chi connectivity index (χ4v) is 1.71. The molecule has 2 aromatic carbocycles. The van der Waals surface area contributed by atoms with Crippen LogP contribution in [0.4, 0.5) is 10.5 Å². The van der Waals surface area contributed by atoms with Crippen LogP contribution in [0.1, 0.15) is 15.9 Å². The molecule has 0 fully saturated rings. The quantitative estimate of drug-likeness (QED) is 0.637. The number of hydrogen-bond donors (Lipinski definition) is 4. The fourth-order valence-electron chi connectivity index (χ4n) is 1.71. The number of carbonyl (C=O) groups excluding carboxylic acids is 2. The van der Waals surface area contributed by atoms with Gasteiger partial charge in [0.05, 0.1) is 5.56 Å². The number of nitrogens with one attached hydrogen (secondary N) is 3. The van der Waals surface area contributed by atoms with E-state index in [0.29, 0.717) is 5.69 Å². The Labute approximate surface area is 121 Å². The second-order valence-corrected chi connectivity index (χ2v) is 4.37. The topological polar surface area (TPSA) is 90.5 Å². The highest BCUT2D eigenvalue weighted by Crippen LogP contribution is 2.15. The highest BCUT2D eigenvalue weighted by Gasteiger charge is 2.11. The first-order chi connectivity index (χ1) is 10.1. The van der Waals surface area contributed by atoms with E-state index in [1.807, 2.05) is 19.1 Å². The van der Waals surface area contributed by atoms with Crippen molar-refractivity contribution in [1.29, 1.82) is 0 Å². The van der Waals surface area contributed by atoms with Crippen molar-refractivity contribution < 1.29 is 14.7 Å². The number of rotatable bonds is 2. The highest BCUT2D eigenvalue weighted by molar-refractivity contribution is 5.99. The van der Waals surface area contributed by atoms with Crippen LogP contribution in [-0.4, -0.2) is 17.0 Å². The second-order valence-electron chi connectivity index (χ2n) is 4.37. The van der Waals surface area contributed by atoms with E-state index in [-0.39, 0.29) is 11.3 Å². The standard InChI is InChI=1S/C15H15N3O3/c1-10-6-2-4-8-12(10)16-15(21)18-17-14(20)11-7-3-5-9-13(11)19/h2-9,19H,1H3,(H,17,20)(H2,16,18,21). The Morgan fingerprint density at radius 2 is 1.62 bits per heavy atom. The summed E-state index contributed by atoms with van der Waals surface area (Å²) >= 11 is 0. The maximum absolute atomic E-state index is 11.8. The molecule has 0 atom stereocenters. The van der Waals surface area contributed by atoms with E-state index in [2.05, 4.69) is 16.2 Å². The van der Waals surface area contributed by atoms with Crippen molar-refractivity contribution in [1.82, 2.24) is 10.9 Å². The summed E-state index contributed by atoms with van der Waals surface area (Å²) in [4.78, 5) is 23.5. The van der Waals surface area contributed by atoms with Crippen molar-refractivity contribution in [2.24, 2.45) is 0 Å². The number of hydrazine groups is 1. The van der Waals surface area contributed by atoms with Gasteiger partial charge in [-0.15, -0.1) is 0 Å². The van der Waals surface area contributed by atoms with Gasteiger partial charge >= 0.3 is 6.03 Å². The molecule has 21 heavy (non-hydrogen) atoms. The zero-order valence-corrected chi connectivity index (χ0v) is 11.4. The normalized spacial score (nSPS) is 9.76. The average molecular weight is 285 g/mol. The number of aromatic hydroxyl groups is 1. The number of hydrogen-bond acceptors (Lipinski definition) is 3. The van der Waals surface area contributed by atoms with Crippen molar-refractivity contribution in [2.45, 2.75) is 6.92 Å². The third-order valence-electron chi connectivity index (χ3n) is 2.83. The number of phenols is 1. The first-order valence-electron chi connectivity index (χ1n) is 6.29. The van der Waals surface area contributed by atoms with Gasteiger partial charge in [0.15, 0.2) is 0 Å². The van der Waals surface area contributed by atoms with E-state index in [1.165, 1.54) is 12.1 Å². The largest absolute Gasteiger partial charge is 0.507 e. The van der Waals surface area contributed by atoms with Gasteiger partial charge in [-0.1, -0.05) is 30.3 Å². The van der Waals surface area contributed by atoms with E-state index in [9.17, 15) is 14.7 Å². The van der Waals surface area contributed by atoms with Gasteiger partial charge in [-0.25, -0.2) is 10.2 Å². The Balaban J connectivity index is 1.91. The molecule has 0 aromatic heterocycles. The first kappa shape index (κ1) is 14.4. The lowest BCUT2D eigenvalue weighted by molar-refractivity contribution is 0.0935. The third kappa shape index (κ3) is 3.73. The molecule has 0 bridgehead atoms. The summed E-state index contributed by atoms with van der Waals surface area (Å²) in [6, 6.07) is 12.7. The van der Waals surface area contributed by atoms with Gasteiger partial charge in [0.25, 0.3) is 5.91 Å². The van der Waals surface area contributed by atoms with E-state index in [1.54, 1.807) is 24.3 Å². The molecule has 0 heterocycles. The van der Waals surface area contributed by atoms with Crippen LogP contribution in [0.25, 0.3) is 0 Å². The maximum Gasteiger partial charge on any atom is 0.337 e. The lowest BCUT2D eigenvalue weighted by Gasteiger charge is -2.11. The predicted molar refractivity (Wildman–Crippen MR) is 78.9 cm³/mol. The number of anilines is 1. The minimum absolute atomic E-state index is 0.0775. The summed E-state index contributed by atoms with van der Waals surface area (Å²) in [5.74, 6) is -0.760. The third-order valence-corrected chi connectivity index (χ3v) is 2.83. The average Bonchev–Trinajstić information content (AvgIpc) is 2.48. The summed E-state index contributed by atoms with van der Waals surface area (Å²) in [6.07, 6.45) is 0. The SMILES string of the molecule is Cc1ccccc1NC(=O)NNC(=O)c1ccccc1O. The lowest BCUT2D eigenvalue weighted by Crippen LogP contribution is -2.44. The van der Waals surface area contributed by atoms with Gasteiger partial charge < -0.3 is 10.4 Å². The van der Waals surface area contributed by atoms with Gasteiger partial charge in [0.2, 0.25) is 0 Å².